The lowest BCUT2D eigenvalue weighted by molar-refractivity contribution is 0.136. The summed E-state index contributed by atoms with van der Waals surface area (Å²) in [6, 6.07) is 0. The Morgan fingerprint density at radius 1 is 1.00 bits per heavy atom. The molecule has 2 aliphatic rings. The average Bonchev–Trinajstić information content (AvgIpc) is 2.50. The van der Waals surface area contributed by atoms with Gasteiger partial charge in [-0.1, -0.05) is 19.3 Å². The van der Waals surface area contributed by atoms with Crippen molar-refractivity contribution < 1.29 is 5.11 Å². The van der Waals surface area contributed by atoms with E-state index in [-0.39, 0.29) is 0 Å². The number of fused-ring (bicyclic) bond motifs is 1. The van der Waals surface area contributed by atoms with Gasteiger partial charge >= 0.3 is 0 Å². The molecule has 2 fully saturated rings. The molecule has 1 nitrogen and oxygen atoms in total. The second-order valence-corrected chi connectivity index (χ2v) is 4.31. The summed E-state index contributed by atoms with van der Waals surface area (Å²) in [5.41, 5.74) is 0. The molecule has 0 aromatic rings. The van der Waals surface area contributed by atoms with Gasteiger partial charge in [-0.15, -0.1) is 0 Å². The van der Waals surface area contributed by atoms with Crippen molar-refractivity contribution in [2.24, 2.45) is 17.8 Å². The molecule has 0 heterocycles. The zero-order valence-electron chi connectivity index (χ0n) is 7.13. The molecule has 2 aliphatic carbocycles. The molecule has 0 aromatic heterocycles. The standard InChI is InChI=1S/C10H18O/c11-7-8-4-5-9-2-1-3-10(9)6-8/h8-11H,1-7H2/t8-,9+,10+/m0/s1. The summed E-state index contributed by atoms with van der Waals surface area (Å²) < 4.78 is 0. The van der Waals surface area contributed by atoms with Crippen LogP contribution >= 0.6 is 0 Å². The molecule has 64 valence electrons. The summed E-state index contributed by atoms with van der Waals surface area (Å²) >= 11 is 0. The second kappa shape index (κ2) is 3.14. The Labute approximate surface area is 68.8 Å². The molecule has 0 saturated heterocycles. The van der Waals surface area contributed by atoms with E-state index in [1.54, 1.807) is 0 Å². The number of hydrogen-bond donors (Lipinski definition) is 1. The average molecular weight is 154 g/mol. The van der Waals surface area contributed by atoms with Gasteiger partial charge in [0.25, 0.3) is 0 Å². The maximum absolute atomic E-state index is 9.01. The maximum atomic E-state index is 9.01. The van der Waals surface area contributed by atoms with Crippen LogP contribution in [-0.4, -0.2) is 11.7 Å². The lowest BCUT2D eigenvalue weighted by Gasteiger charge is -2.30. The molecule has 0 aliphatic heterocycles. The molecule has 0 radical (unpaired) electrons. The van der Waals surface area contributed by atoms with Crippen LogP contribution in [0.4, 0.5) is 0 Å². The first kappa shape index (κ1) is 7.60. The molecule has 0 unspecified atom stereocenters. The fourth-order valence-corrected chi connectivity index (χ4v) is 2.97. The van der Waals surface area contributed by atoms with Crippen LogP contribution in [0.3, 0.4) is 0 Å². The molecule has 2 rings (SSSR count). The summed E-state index contributed by atoms with van der Waals surface area (Å²) in [6.07, 6.45) is 8.38. The number of aliphatic hydroxyl groups is 1. The molecule has 3 atom stereocenters. The molecule has 0 amide bonds. The number of rotatable bonds is 1. The Morgan fingerprint density at radius 2 is 1.82 bits per heavy atom. The Morgan fingerprint density at radius 3 is 2.64 bits per heavy atom. The topological polar surface area (TPSA) is 20.2 Å². The van der Waals surface area contributed by atoms with Gasteiger partial charge in [0.15, 0.2) is 0 Å². The van der Waals surface area contributed by atoms with E-state index in [2.05, 4.69) is 0 Å². The van der Waals surface area contributed by atoms with Gasteiger partial charge in [0, 0.05) is 6.61 Å². The summed E-state index contributed by atoms with van der Waals surface area (Å²) in [7, 11) is 0. The normalized spacial score (nSPS) is 43.9. The Kier molecular flexibility index (Phi) is 2.17. The van der Waals surface area contributed by atoms with Crippen LogP contribution < -0.4 is 0 Å². The van der Waals surface area contributed by atoms with E-state index in [4.69, 9.17) is 5.11 Å². The van der Waals surface area contributed by atoms with E-state index in [9.17, 15) is 0 Å². The van der Waals surface area contributed by atoms with Crippen LogP contribution in [-0.2, 0) is 0 Å². The first-order valence-electron chi connectivity index (χ1n) is 5.01. The van der Waals surface area contributed by atoms with Crippen molar-refractivity contribution in [1.29, 1.82) is 0 Å². The van der Waals surface area contributed by atoms with Gasteiger partial charge < -0.3 is 5.11 Å². The van der Waals surface area contributed by atoms with E-state index < -0.39 is 0 Å². The monoisotopic (exact) mass is 154 g/mol. The van der Waals surface area contributed by atoms with Crippen LogP contribution in [0.1, 0.15) is 38.5 Å². The van der Waals surface area contributed by atoms with Gasteiger partial charge in [-0.25, -0.2) is 0 Å². The maximum Gasteiger partial charge on any atom is 0.0459 e. The van der Waals surface area contributed by atoms with Gasteiger partial charge in [-0.2, -0.15) is 0 Å². The molecule has 0 spiro atoms. The molecular weight excluding hydrogens is 136 g/mol. The summed E-state index contributed by atoms with van der Waals surface area (Å²) in [5.74, 6) is 2.67. The van der Waals surface area contributed by atoms with Crippen molar-refractivity contribution in [1.82, 2.24) is 0 Å². The molecule has 1 heteroatoms. The third-order valence-electron chi connectivity index (χ3n) is 3.66. The zero-order valence-corrected chi connectivity index (χ0v) is 7.13. The van der Waals surface area contributed by atoms with E-state index in [0.717, 1.165) is 11.8 Å². The van der Waals surface area contributed by atoms with Crippen LogP contribution in [0.2, 0.25) is 0 Å². The summed E-state index contributed by atoms with van der Waals surface area (Å²) in [4.78, 5) is 0. The minimum absolute atomic E-state index is 0.434. The lowest BCUT2D eigenvalue weighted by Crippen LogP contribution is -2.22. The smallest absolute Gasteiger partial charge is 0.0459 e. The predicted octanol–water partition coefficient (Wildman–Crippen LogP) is 2.20. The van der Waals surface area contributed by atoms with Gasteiger partial charge in [0.1, 0.15) is 0 Å². The lowest BCUT2D eigenvalue weighted by atomic mass is 9.76. The summed E-state index contributed by atoms with van der Waals surface area (Å²) in [6.45, 7) is 0.434. The predicted molar refractivity (Wildman–Crippen MR) is 45.3 cm³/mol. The highest BCUT2D eigenvalue weighted by Gasteiger charge is 2.33. The van der Waals surface area contributed by atoms with Crippen molar-refractivity contribution in [3.8, 4) is 0 Å². The van der Waals surface area contributed by atoms with Crippen LogP contribution in [0.5, 0.6) is 0 Å². The Hall–Kier alpha value is -0.0400. The van der Waals surface area contributed by atoms with E-state index >= 15 is 0 Å². The van der Waals surface area contributed by atoms with E-state index in [1.807, 2.05) is 0 Å². The largest absolute Gasteiger partial charge is 0.396 e. The van der Waals surface area contributed by atoms with E-state index in [0.29, 0.717) is 12.5 Å². The molecule has 11 heavy (non-hydrogen) atoms. The molecule has 0 bridgehead atoms. The number of hydrogen-bond acceptors (Lipinski definition) is 1. The third kappa shape index (κ3) is 1.44. The fraction of sp³-hybridized carbons (Fsp3) is 1.00. The van der Waals surface area contributed by atoms with Crippen molar-refractivity contribution in [3.05, 3.63) is 0 Å². The first-order valence-corrected chi connectivity index (χ1v) is 5.01. The fourth-order valence-electron chi connectivity index (χ4n) is 2.97. The molecule has 0 aromatic carbocycles. The minimum Gasteiger partial charge on any atom is -0.396 e. The highest BCUT2D eigenvalue weighted by Crippen LogP contribution is 2.43. The Bertz CT molecular complexity index is 133. The van der Waals surface area contributed by atoms with Crippen molar-refractivity contribution in [2.75, 3.05) is 6.61 Å². The van der Waals surface area contributed by atoms with Gasteiger partial charge in [0.2, 0.25) is 0 Å². The third-order valence-corrected chi connectivity index (χ3v) is 3.66. The quantitative estimate of drug-likeness (QED) is 0.614. The highest BCUT2D eigenvalue weighted by atomic mass is 16.3. The van der Waals surface area contributed by atoms with E-state index in [1.165, 1.54) is 38.5 Å². The van der Waals surface area contributed by atoms with Crippen molar-refractivity contribution in [2.45, 2.75) is 38.5 Å². The highest BCUT2D eigenvalue weighted by molar-refractivity contribution is 4.84. The number of aliphatic hydroxyl groups excluding tert-OH is 1. The second-order valence-electron chi connectivity index (χ2n) is 4.31. The SMILES string of the molecule is OC[C@H]1CC[C@H]2CCC[C@@H]2C1. The summed E-state index contributed by atoms with van der Waals surface area (Å²) in [5, 5.41) is 9.01. The van der Waals surface area contributed by atoms with Crippen LogP contribution in [0.15, 0.2) is 0 Å². The van der Waals surface area contributed by atoms with Gasteiger partial charge in [-0.3, -0.25) is 0 Å². The van der Waals surface area contributed by atoms with Crippen LogP contribution in [0, 0.1) is 17.8 Å². The molecule has 2 saturated carbocycles. The Balaban J connectivity index is 1.91. The zero-order chi connectivity index (χ0) is 7.68. The van der Waals surface area contributed by atoms with Gasteiger partial charge in [0.05, 0.1) is 0 Å². The minimum atomic E-state index is 0.434. The van der Waals surface area contributed by atoms with Crippen LogP contribution in [0.25, 0.3) is 0 Å². The molecule has 1 N–H and O–H groups in total. The van der Waals surface area contributed by atoms with Gasteiger partial charge in [-0.05, 0) is 37.0 Å². The molecular formula is C10H18O. The van der Waals surface area contributed by atoms with Crippen molar-refractivity contribution >= 4 is 0 Å². The van der Waals surface area contributed by atoms with Crippen molar-refractivity contribution in [3.63, 3.8) is 0 Å². The first-order chi connectivity index (χ1) is 5.40.